The van der Waals surface area contributed by atoms with Crippen molar-refractivity contribution in [1.82, 2.24) is 0 Å². The van der Waals surface area contributed by atoms with E-state index in [0.717, 1.165) is 5.17 Å². The fourth-order valence-electron chi connectivity index (χ4n) is 2.15. The number of amidine groups is 1. The molecule has 0 radical (unpaired) electrons. The number of nitrogens with zero attached hydrogens (tertiary/aromatic N) is 1. The molecule has 1 aromatic rings. The van der Waals surface area contributed by atoms with Crippen LogP contribution in [-0.2, 0) is 0 Å². The second-order valence-corrected chi connectivity index (χ2v) is 6.41. The lowest BCUT2D eigenvalue weighted by Crippen LogP contribution is -2.24. The van der Waals surface area contributed by atoms with Crippen molar-refractivity contribution in [3.8, 4) is 0 Å². The van der Waals surface area contributed by atoms with E-state index < -0.39 is 0 Å². The van der Waals surface area contributed by atoms with Crippen molar-refractivity contribution in [1.29, 1.82) is 0 Å². The number of benzene rings is 1. The van der Waals surface area contributed by atoms with Crippen LogP contribution in [0.25, 0.3) is 0 Å². The summed E-state index contributed by atoms with van der Waals surface area (Å²) in [6.07, 6.45) is 1.19. The van der Waals surface area contributed by atoms with E-state index in [1.54, 1.807) is 0 Å². The fourth-order valence-corrected chi connectivity index (χ4v) is 3.09. The highest BCUT2D eigenvalue weighted by Gasteiger charge is 2.18. The Morgan fingerprint density at radius 3 is 2.78 bits per heavy atom. The molecule has 0 aromatic heterocycles. The van der Waals surface area contributed by atoms with Gasteiger partial charge in [0.2, 0.25) is 0 Å². The van der Waals surface area contributed by atoms with E-state index in [1.807, 2.05) is 11.8 Å². The molecule has 1 atom stereocenters. The standard InChI is InChI=1S/C15H22N2S/c1-10(2)13-7-8-18-15(16-13)17-14-6-5-11(3)9-12(14)4/h5-6,9-10,13H,7-8H2,1-4H3,(H,16,17). The highest BCUT2D eigenvalue weighted by Crippen LogP contribution is 2.25. The van der Waals surface area contributed by atoms with Gasteiger partial charge >= 0.3 is 0 Å². The largest absolute Gasteiger partial charge is 0.335 e. The molecule has 1 aromatic carbocycles. The first kappa shape index (κ1) is 13.5. The summed E-state index contributed by atoms with van der Waals surface area (Å²) < 4.78 is 0. The number of thioether (sulfide) groups is 1. The molecule has 2 rings (SSSR count). The van der Waals surface area contributed by atoms with Crippen LogP contribution in [-0.4, -0.2) is 17.0 Å². The molecule has 0 bridgehead atoms. The van der Waals surface area contributed by atoms with E-state index in [2.05, 4.69) is 51.2 Å². The van der Waals surface area contributed by atoms with Crippen LogP contribution in [0.3, 0.4) is 0 Å². The summed E-state index contributed by atoms with van der Waals surface area (Å²) in [6, 6.07) is 6.96. The van der Waals surface area contributed by atoms with Crippen molar-refractivity contribution in [2.45, 2.75) is 40.2 Å². The van der Waals surface area contributed by atoms with Gasteiger partial charge in [0.1, 0.15) is 0 Å². The molecule has 0 saturated heterocycles. The molecule has 1 aliphatic rings. The molecular weight excluding hydrogens is 240 g/mol. The molecule has 0 fully saturated rings. The average molecular weight is 262 g/mol. The average Bonchev–Trinajstić information content (AvgIpc) is 2.33. The predicted octanol–water partition coefficient (Wildman–Crippen LogP) is 4.23. The molecule has 1 unspecified atom stereocenters. The Labute approximate surface area is 114 Å². The monoisotopic (exact) mass is 262 g/mol. The minimum absolute atomic E-state index is 0.472. The summed E-state index contributed by atoms with van der Waals surface area (Å²) in [5.41, 5.74) is 3.76. The Kier molecular flexibility index (Phi) is 4.33. The number of hydrogen-bond donors (Lipinski definition) is 1. The smallest absolute Gasteiger partial charge is 0.161 e. The van der Waals surface area contributed by atoms with Crippen LogP contribution in [0.2, 0.25) is 0 Å². The van der Waals surface area contributed by atoms with Gasteiger partial charge in [-0.1, -0.05) is 43.3 Å². The lowest BCUT2D eigenvalue weighted by molar-refractivity contribution is 0.485. The summed E-state index contributed by atoms with van der Waals surface area (Å²) in [5, 5.41) is 4.55. The minimum atomic E-state index is 0.472. The highest BCUT2D eigenvalue weighted by molar-refractivity contribution is 8.14. The third-order valence-corrected chi connectivity index (χ3v) is 4.25. The lowest BCUT2D eigenvalue weighted by Gasteiger charge is -2.23. The van der Waals surface area contributed by atoms with Gasteiger partial charge in [0, 0.05) is 11.4 Å². The topological polar surface area (TPSA) is 24.4 Å². The fraction of sp³-hybridized carbons (Fsp3) is 0.533. The van der Waals surface area contributed by atoms with Gasteiger partial charge in [-0.05, 0) is 37.8 Å². The molecule has 0 aliphatic carbocycles. The Hall–Kier alpha value is -0.960. The maximum Gasteiger partial charge on any atom is 0.161 e. The summed E-state index contributed by atoms with van der Waals surface area (Å²) in [7, 11) is 0. The summed E-state index contributed by atoms with van der Waals surface area (Å²) >= 11 is 1.83. The zero-order valence-electron chi connectivity index (χ0n) is 11.7. The highest BCUT2D eigenvalue weighted by atomic mass is 32.2. The molecule has 1 N–H and O–H groups in total. The van der Waals surface area contributed by atoms with E-state index in [-0.39, 0.29) is 0 Å². The molecule has 0 amide bonds. The van der Waals surface area contributed by atoms with Crippen LogP contribution in [0.4, 0.5) is 5.69 Å². The molecule has 1 heterocycles. The van der Waals surface area contributed by atoms with Gasteiger partial charge in [-0.25, -0.2) is 0 Å². The summed E-state index contributed by atoms with van der Waals surface area (Å²) in [6.45, 7) is 8.76. The maximum absolute atomic E-state index is 4.81. The van der Waals surface area contributed by atoms with Gasteiger partial charge in [-0.15, -0.1) is 0 Å². The van der Waals surface area contributed by atoms with Gasteiger partial charge in [0.15, 0.2) is 5.17 Å². The van der Waals surface area contributed by atoms with Crippen LogP contribution >= 0.6 is 11.8 Å². The van der Waals surface area contributed by atoms with Crippen molar-refractivity contribution in [3.05, 3.63) is 29.3 Å². The SMILES string of the molecule is Cc1ccc(NC2=NC(C(C)C)CCS2)c(C)c1. The predicted molar refractivity (Wildman–Crippen MR) is 82.7 cm³/mol. The molecule has 1 aliphatic heterocycles. The first-order chi connectivity index (χ1) is 8.56. The minimum Gasteiger partial charge on any atom is -0.335 e. The molecule has 98 valence electrons. The maximum atomic E-state index is 4.81. The second kappa shape index (κ2) is 5.79. The van der Waals surface area contributed by atoms with Gasteiger partial charge in [0.25, 0.3) is 0 Å². The van der Waals surface area contributed by atoms with Crippen molar-refractivity contribution in [2.24, 2.45) is 10.9 Å². The zero-order chi connectivity index (χ0) is 13.1. The van der Waals surface area contributed by atoms with Gasteiger partial charge in [-0.3, -0.25) is 4.99 Å². The van der Waals surface area contributed by atoms with E-state index >= 15 is 0 Å². The van der Waals surface area contributed by atoms with E-state index in [9.17, 15) is 0 Å². The molecule has 3 heteroatoms. The quantitative estimate of drug-likeness (QED) is 0.862. The van der Waals surface area contributed by atoms with Crippen LogP contribution in [0.1, 0.15) is 31.4 Å². The van der Waals surface area contributed by atoms with Crippen LogP contribution < -0.4 is 5.32 Å². The van der Waals surface area contributed by atoms with E-state index in [0.29, 0.717) is 12.0 Å². The van der Waals surface area contributed by atoms with Crippen molar-refractivity contribution < 1.29 is 0 Å². The Morgan fingerprint density at radius 1 is 1.33 bits per heavy atom. The van der Waals surface area contributed by atoms with E-state index in [1.165, 1.54) is 29.0 Å². The Bertz CT molecular complexity index is 452. The van der Waals surface area contributed by atoms with Crippen molar-refractivity contribution >= 4 is 22.6 Å². The zero-order valence-corrected chi connectivity index (χ0v) is 12.5. The molecule has 0 spiro atoms. The molecular formula is C15H22N2S. The first-order valence-corrected chi connectivity index (χ1v) is 7.59. The third-order valence-electron chi connectivity index (χ3n) is 3.33. The van der Waals surface area contributed by atoms with Crippen molar-refractivity contribution in [2.75, 3.05) is 11.1 Å². The second-order valence-electron chi connectivity index (χ2n) is 5.33. The number of anilines is 1. The van der Waals surface area contributed by atoms with Gasteiger partial charge in [-0.2, -0.15) is 0 Å². The van der Waals surface area contributed by atoms with Crippen molar-refractivity contribution in [3.63, 3.8) is 0 Å². The van der Waals surface area contributed by atoms with E-state index in [4.69, 9.17) is 4.99 Å². The lowest BCUT2D eigenvalue weighted by atomic mass is 10.0. The number of rotatable bonds is 2. The number of nitrogens with one attached hydrogen (secondary N) is 1. The number of aryl methyl sites for hydroxylation is 2. The Balaban J connectivity index is 2.13. The normalized spacial score (nSPS) is 19.8. The van der Waals surface area contributed by atoms with Gasteiger partial charge in [0.05, 0.1) is 6.04 Å². The summed E-state index contributed by atoms with van der Waals surface area (Å²) in [4.78, 5) is 4.81. The first-order valence-electron chi connectivity index (χ1n) is 6.61. The van der Waals surface area contributed by atoms with Crippen LogP contribution in [0.15, 0.2) is 23.2 Å². The Morgan fingerprint density at radius 2 is 2.11 bits per heavy atom. The molecule has 2 nitrogen and oxygen atoms in total. The molecule has 0 saturated carbocycles. The third kappa shape index (κ3) is 3.29. The number of hydrogen-bond acceptors (Lipinski definition) is 3. The number of aliphatic imine (C=N–C) groups is 1. The molecule has 18 heavy (non-hydrogen) atoms. The van der Waals surface area contributed by atoms with Gasteiger partial charge < -0.3 is 5.32 Å². The van der Waals surface area contributed by atoms with Crippen LogP contribution in [0.5, 0.6) is 0 Å². The summed E-state index contributed by atoms with van der Waals surface area (Å²) in [5.74, 6) is 1.79. The van der Waals surface area contributed by atoms with Crippen LogP contribution in [0, 0.1) is 19.8 Å².